The van der Waals surface area contributed by atoms with Crippen LogP contribution in [0.25, 0.3) is 0 Å². The summed E-state index contributed by atoms with van der Waals surface area (Å²) in [5.74, 6) is -0.694. The molecule has 8 heteroatoms. The molecular formula is C19H23N3O4S. The highest BCUT2D eigenvalue weighted by Gasteiger charge is 2.49. The molecule has 4 heterocycles. The molecule has 2 bridgehead atoms. The molecule has 4 amide bonds. The first-order chi connectivity index (χ1) is 12.8. The first-order valence-corrected chi connectivity index (χ1v) is 10.1. The van der Waals surface area contributed by atoms with Gasteiger partial charge in [-0.2, -0.15) is 0 Å². The van der Waals surface area contributed by atoms with Gasteiger partial charge in [0, 0.05) is 30.8 Å². The van der Waals surface area contributed by atoms with Crippen molar-refractivity contribution in [1.29, 1.82) is 0 Å². The van der Waals surface area contributed by atoms with Gasteiger partial charge in [0.05, 0.1) is 17.0 Å². The van der Waals surface area contributed by atoms with Gasteiger partial charge in [0.1, 0.15) is 6.04 Å². The fourth-order valence-electron chi connectivity index (χ4n) is 4.55. The Kier molecular flexibility index (Phi) is 4.33. The van der Waals surface area contributed by atoms with Crippen molar-refractivity contribution in [1.82, 2.24) is 14.7 Å². The normalized spacial score (nSPS) is 25.7. The van der Waals surface area contributed by atoms with Crippen LogP contribution < -0.4 is 0 Å². The van der Waals surface area contributed by atoms with Crippen LogP contribution in [0.15, 0.2) is 6.07 Å². The Labute approximate surface area is 161 Å². The van der Waals surface area contributed by atoms with E-state index in [1.54, 1.807) is 11.8 Å². The molecule has 0 N–H and O–H groups in total. The zero-order valence-corrected chi connectivity index (χ0v) is 16.5. The van der Waals surface area contributed by atoms with Crippen LogP contribution in [0, 0.1) is 13.8 Å². The number of hydrogen-bond donors (Lipinski definition) is 0. The molecule has 0 radical (unpaired) electrons. The number of aryl methyl sites for hydroxylation is 2. The van der Waals surface area contributed by atoms with Crippen LogP contribution in [0.3, 0.4) is 0 Å². The predicted octanol–water partition coefficient (Wildman–Crippen LogP) is 1.33. The highest BCUT2D eigenvalue weighted by atomic mass is 32.1. The SMILES string of the molecule is Cc1cc(C)c(C(=O)N2C[C@@H]3C[C@H]2CN3C(=O)C(C)N2C(=O)CCC2=O)s1. The number of carbonyl (C=O) groups excluding carboxylic acids is 4. The lowest BCUT2D eigenvalue weighted by Gasteiger charge is -2.36. The molecule has 0 aliphatic carbocycles. The maximum Gasteiger partial charge on any atom is 0.264 e. The summed E-state index contributed by atoms with van der Waals surface area (Å²) < 4.78 is 0. The minimum absolute atomic E-state index is 0.00503. The maximum atomic E-state index is 12.9. The minimum Gasteiger partial charge on any atom is -0.334 e. The molecule has 0 spiro atoms. The topological polar surface area (TPSA) is 78.0 Å². The van der Waals surface area contributed by atoms with Crippen molar-refractivity contribution in [2.24, 2.45) is 0 Å². The van der Waals surface area contributed by atoms with Crippen LogP contribution in [0.4, 0.5) is 0 Å². The average Bonchev–Trinajstić information content (AvgIpc) is 3.37. The summed E-state index contributed by atoms with van der Waals surface area (Å²) in [5.41, 5.74) is 0.998. The first-order valence-electron chi connectivity index (χ1n) is 9.31. The lowest BCUT2D eigenvalue weighted by molar-refractivity contribution is -0.150. The van der Waals surface area contributed by atoms with Crippen molar-refractivity contribution in [3.63, 3.8) is 0 Å². The van der Waals surface area contributed by atoms with E-state index in [4.69, 9.17) is 0 Å². The number of piperazine rings is 1. The summed E-state index contributed by atoms with van der Waals surface area (Å²) in [6.07, 6.45) is 1.13. The van der Waals surface area contributed by atoms with Gasteiger partial charge in [-0.25, -0.2) is 0 Å². The van der Waals surface area contributed by atoms with Gasteiger partial charge in [-0.1, -0.05) is 0 Å². The lowest BCUT2D eigenvalue weighted by atomic mass is 10.2. The van der Waals surface area contributed by atoms with E-state index in [2.05, 4.69) is 0 Å². The second-order valence-electron chi connectivity index (χ2n) is 7.69. The standard InChI is InChI=1S/C19H23N3O4S/c1-10-6-11(2)27-17(10)19(26)21-9-13-7-14(21)8-20(13)18(25)12(3)22-15(23)4-5-16(22)24/h6,12-14H,4-5,7-9H2,1-3H3/t12?,13-,14-/m0/s1. The van der Waals surface area contributed by atoms with Gasteiger partial charge in [-0.05, 0) is 38.8 Å². The molecule has 3 saturated heterocycles. The fourth-order valence-corrected chi connectivity index (χ4v) is 5.53. The van der Waals surface area contributed by atoms with E-state index in [1.807, 2.05) is 24.8 Å². The second-order valence-corrected chi connectivity index (χ2v) is 8.95. The summed E-state index contributed by atoms with van der Waals surface area (Å²) in [4.78, 5) is 56.3. The number of fused-ring (bicyclic) bond motifs is 2. The molecule has 27 heavy (non-hydrogen) atoms. The Morgan fingerprint density at radius 3 is 2.19 bits per heavy atom. The molecule has 1 unspecified atom stereocenters. The molecule has 0 aromatic carbocycles. The molecule has 4 rings (SSSR count). The molecule has 144 valence electrons. The van der Waals surface area contributed by atoms with Gasteiger partial charge in [0.2, 0.25) is 17.7 Å². The highest BCUT2D eigenvalue weighted by Crippen LogP contribution is 2.34. The number of likely N-dealkylation sites (tertiary alicyclic amines) is 3. The van der Waals surface area contributed by atoms with E-state index >= 15 is 0 Å². The van der Waals surface area contributed by atoms with Crippen molar-refractivity contribution in [2.45, 2.75) is 58.2 Å². The first kappa shape index (κ1) is 18.2. The van der Waals surface area contributed by atoms with Crippen LogP contribution in [-0.2, 0) is 14.4 Å². The average molecular weight is 389 g/mol. The molecule has 3 fully saturated rings. The van der Waals surface area contributed by atoms with E-state index in [-0.39, 0.29) is 48.6 Å². The Morgan fingerprint density at radius 1 is 1.07 bits per heavy atom. The van der Waals surface area contributed by atoms with Crippen molar-refractivity contribution < 1.29 is 19.2 Å². The third kappa shape index (κ3) is 2.86. The fraction of sp³-hybridized carbons (Fsp3) is 0.579. The monoisotopic (exact) mass is 389 g/mol. The minimum atomic E-state index is -0.766. The summed E-state index contributed by atoms with van der Waals surface area (Å²) >= 11 is 1.51. The van der Waals surface area contributed by atoms with Crippen LogP contribution in [-0.4, -0.2) is 69.5 Å². The third-order valence-electron chi connectivity index (χ3n) is 5.85. The number of nitrogens with zero attached hydrogens (tertiary/aromatic N) is 3. The van der Waals surface area contributed by atoms with Crippen LogP contribution in [0.1, 0.15) is 46.3 Å². The van der Waals surface area contributed by atoms with Crippen LogP contribution in [0.2, 0.25) is 0 Å². The molecule has 3 aliphatic heterocycles. The zero-order chi connectivity index (χ0) is 19.5. The van der Waals surface area contributed by atoms with E-state index in [1.165, 1.54) is 11.3 Å². The van der Waals surface area contributed by atoms with Crippen molar-refractivity contribution in [3.05, 3.63) is 21.4 Å². The predicted molar refractivity (Wildman–Crippen MR) is 99.3 cm³/mol. The van der Waals surface area contributed by atoms with Gasteiger partial charge in [-0.3, -0.25) is 24.1 Å². The lowest BCUT2D eigenvalue weighted by Crippen LogP contribution is -2.56. The molecule has 3 atom stereocenters. The number of thiophene rings is 1. The smallest absolute Gasteiger partial charge is 0.264 e. The van der Waals surface area contributed by atoms with Gasteiger partial charge < -0.3 is 9.80 Å². The Bertz CT molecular complexity index is 832. The van der Waals surface area contributed by atoms with Gasteiger partial charge in [0.15, 0.2) is 0 Å². The van der Waals surface area contributed by atoms with Gasteiger partial charge >= 0.3 is 0 Å². The number of hydrogen-bond acceptors (Lipinski definition) is 5. The van der Waals surface area contributed by atoms with Crippen molar-refractivity contribution >= 4 is 35.0 Å². The molecule has 1 aromatic rings. The van der Waals surface area contributed by atoms with E-state index in [0.29, 0.717) is 13.1 Å². The van der Waals surface area contributed by atoms with Gasteiger partial charge in [0.25, 0.3) is 5.91 Å². The zero-order valence-electron chi connectivity index (χ0n) is 15.7. The second kappa shape index (κ2) is 6.44. The van der Waals surface area contributed by atoms with Gasteiger partial charge in [-0.15, -0.1) is 11.3 Å². The van der Waals surface area contributed by atoms with Crippen molar-refractivity contribution in [3.8, 4) is 0 Å². The maximum absolute atomic E-state index is 12.9. The Balaban J connectivity index is 1.45. The summed E-state index contributed by atoms with van der Waals surface area (Å²) in [6, 6.07) is 1.22. The van der Waals surface area contributed by atoms with Crippen LogP contribution in [0.5, 0.6) is 0 Å². The summed E-state index contributed by atoms with van der Waals surface area (Å²) in [5, 5.41) is 0. The Hall–Kier alpha value is -2.22. The number of amides is 4. The molecule has 3 aliphatic rings. The summed E-state index contributed by atoms with van der Waals surface area (Å²) in [7, 11) is 0. The number of rotatable bonds is 3. The third-order valence-corrected chi connectivity index (χ3v) is 7.00. The largest absolute Gasteiger partial charge is 0.334 e. The number of carbonyl (C=O) groups is 4. The van der Waals surface area contributed by atoms with E-state index < -0.39 is 6.04 Å². The highest BCUT2D eigenvalue weighted by molar-refractivity contribution is 7.14. The molecular weight excluding hydrogens is 366 g/mol. The summed E-state index contributed by atoms with van der Waals surface area (Å²) in [6.45, 7) is 6.55. The molecule has 7 nitrogen and oxygen atoms in total. The Morgan fingerprint density at radius 2 is 1.67 bits per heavy atom. The van der Waals surface area contributed by atoms with E-state index in [9.17, 15) is 19.2 Å². The quantitative estimate of drug-likeness (QED) is 0.731. The van der Waals surface area contributed by atoms with Crippen LogP contribution >= 0.6 is 11.3 Å². The molecule has 0 saturated carbocycles. The number of imide groups is 1. The van der Waals surface area contributed by atoms with E-state index in [0.717, 1.165) is 26.6 Å². The molecule has 1 aromatic heterocycles. The van der Waals surface area contributed by atoms with Crippen molar-refractivity contribution in [2.75, 3.05) is 13.1 Å².